The number of carbonyl (C=O) groups is 1. The monoisotopic (exact) mass is 409 g/mol. The number of anilines is 1. The maximum absolute atomic E-state index is 12.7. The summed E-state index contributed by atoms with van der Waals surface area (Å²) in [5.74, 6) is 1.75. The second-order valence-corrected chi connectivity index (χ2v) is 6.49. The molecular formula is C22H23N3O5. The average Bonchev–Trinajstić information content (AvgIpc) is 2.75. The van der Waals surface area contributed by atoms with Crippen molar-refractivity contribution >= 4 is 11.6 Å². The van der Waals surface area contributed by atoms with E-state index >= 15 is 0 Å². The number of rotatable bonds is 7. The van der Waals surface area contributed by atoms with Crippen LogP contribution in [0.5, 0.6) is 17.2 Å². The van der Waals surface area contributed by atoms with Gasteiger partial charge in [-0.05, 0) is 43.3 Å². The molecule has 156 valence electrons. The van der Waals surface area contributed by atoms with Crippen LogP contribution in [0.15, 0.2) is 53.3 Å². The first-order valence-electron chi connectivity index (χ1n) is 9.20. The van der Waals surface area contributed by atoms with Crippen LogP contribution in [0.3, 0.4) is 0 Å². The third-order valence-electron chi connectivity index (χ3n) is 4.47. The minimum absolute atomic E-state index is 0.206. The number of aromatic nitrogens is 2. The topological polar surface area (TPSA) is 91.7 Å². The van der Waals surface area contributed by atoms with E-state index in [4.69, 9.17) is 14.2 Å². The van der Waals surface area contributed by atoms with Gasteiger partial charge in [0.25, 0.3) is 5.56 Å². The van der Waals surface area contributed by atoms with Crippen molar-refractivity contribution in [3.8, 4) is 28.6 Å². The highest BCUT2D eigenvalue weighted by Gasteiger charge is 2.15. The minimum atomic E-state index is -0.388. The highest BCUT2D eigenvalue weighted by Crippen LogP contribution is 2.29. The van der Waals surface area contributed by atoms with E-state index in [1.807, 2.05) is 0 Å². The Morgan fingerprint density at radius 3 is 2.27 bits per heavy atom. The first kappa shape index (κ1) is 20.9. The summed E-state index contributed by atoms with van der Waals surface area (Å²) in [6, 6.07) is 13.6. The molecule has 1 amide bonds. The molecule has 2 aromatic carbocycles. The van der Waals surface area contributed by atoms with E-state index in [1.54, 1.807) is 63.6 Å². The normalized spacial score (nSPS) is 10.4. The molecule has 0 unspecified atom stereocenters. The quantitative estimate of drug-likeness (QED) is 0.645. The lowest BCUT2D eigenvalue weighted by Gasteiger charge is -2.15. The van der Waals surface area contributed by atoms with Crippen molar-refractivity contribution in [3.63, 3.8) is 0 Å². The van der Waals surface area contributed by atoms with Gasteiger partial charge in [0.15, 0.2) is 0 Å². The van der Waals surface area contributed by atoms with Crippen molar-refractivity contribution in [2.75, 3.05) is 26.6 Å². The molecule has 0 aliphatic carbocycles. The lowest BCUT2D eigenvalue weighted by atomic mass is 10.2. The molecule has 0 aliphatic rings. The van der Waals surface area contributed by atoms with E-state index in [9.17, 15) is 9.59 Å². The fraction of sp³-hybridized carbons (Fsp3) is 0.227. The van der Waals surface area contributed by atoms with Crippen LogP contribution in [-0.2, 0) is 11.3 Å². The largest absolute Gasteiger partial charge is 0.497 e. The Kier molecular flexibility index (Phi) is 6.36. The summed E-state index contributed by atoms with van der Waals surface area (Å²) in [6.07, 6.45) is 0. The molecule has 0 radical (unpaired) electrons. The third-order valence-corrected chi connectivity index (χ3v) is 4.47. The predicted molar refractivity (Wildman–Crippen MR) is 113 cm³/mol. The van der Waals surface area contributed by atoms with Gasteiger partial charge in [0.2, 0.25) is 5.91 Å². The van der Waals surface area contributed by atoms with Gasteiger partial charge in [-0.3, -0.25) is 14.2 Å². The zero-order valence-electron chi connectivity index (χ0n) is 17.3. The zero-order valence-corrected chi connectivity index (χ0v) is 17.3. The summed E-state index contributed by atoms with van der Waals surface area (Å²) in [5, 5.41) is 2.77. The van der Waals surface area contributed by atoms with Crippen molar-refractivity contribution in [2.45, 2.75) is 13.5 Å². The van der Waals surface area contributed by atoms with Gasteiger partial charge in [-0.1, -0.05) is 0 Å². The molecule has 0 aliphatic heterocycles. The maximum atomic E-state index is 12.7. The van der Waals surface area contributed by atoms with Crippen LogP contribution < -0.4 is 25.1 Å². The van der Waals surface area contributed by atoms with E-state index in [0.29, 0.717) is 40.0 Å². The number of hydrogen-bond donors (Lipinski definition) is 1. The van der Waals surface area contributed by atoms with Gasteiger partial charge in [0.1, 0.15) is 29.6 Å². The molecule has 0 spiro atoms. The molecule has 0 saturated carbocycles. The fourth-order valence-electron chi connectivity index (χ4n) is 2.97. The Morgan fingerprint density at radius 1 is 0.967 bits per heavy atom. The summed E-state index contributed by atoms with van der Waals surface area (Å²) >= 11 is 0. The smallest absolute Gasteiger partial charge is 0.254 e. The van der Waals surface area contributed by atoms with Crippen LogP contribution in [0.1, 0.15) is 5.69 Å². The Labute approximate surface area is 174 Å². The number of aryl methyl sites for hydroxylation is 1. The van der Waals surface area contributed by atoms with Crippen LogP contribution >= 0.6 is 0 Å². The lowest BCUT2D eigenvalue weighted by molar-refractivity contribution is -0.116. The predicted octanol–water partition coefficient (Wildman–Crippen LogP) is 2.88. The van der Waals surface area contributed by atoms with Gasteiger partial charge in [-0.2, -0.15) is 0 Å². The molecule has 1 aromatic heterocycles. The van der Waals surface area contributed by atoms with Crippen LogP contribution in [0.25, 0.3) is 11.4 Å². The average molecular weight is 409 g/mol. The second-order valence-electron chi connectivity index (χ2n) is 6.49. The number of carbonyl (C=O) groups excluding carboxylic acids is 1. The summed E-state index contributed by atoms with van der Waals surface area (Å²) in [7, 11) is 4.62. The number of methoxy groups -OCH3 is 3. The van der Waals surface area contributed by atoms with Crippen LogP contribution in [0.4, 0.5) is 5.69 Å². The Morgan fingerprint density at radius 2 is 1.63 bits per heavy atom. The number of nitrogens with zero attached hydrogens (tertiary/aromatic N) is 2. The maximum Gasteiger partial charge on any atom is 0.254 e. The first-order chi connectivity index (χ1) is 14.4. The summed E-state index contributed by atoms with van der Waals surface area (Å²) in [5.41, 5.74) is 1.43. The van der Waals surface area contributed by atoms with Crippen molar-refractivity contribution in [3.05, 3.63) is 64.6 Å². The van der Waals surface area contributed by atoms with E-state index in [1.165, 1.54) is 17.7 Å². The second kappa shape index (κ2) is 9.13. The summed E-state index contributed by atoms with van der Waals surface area (Å²) in [6.45, 7) is 1.53. The highest BCUT2D eigenvalue weighted by atomic mass is 16.5. The van der Waals surface area contributed by atoms with E-state index in [2.05, 4.69) is 10.3 Å². The number of benzene rings is 2. The molecule has 3 aromatic rings. The van der Waals surface area contributed by atoms with Gasteiger partial charge < -0.3 is 19.5 Å². The number of amides is 1. The molecule has 1 N–H and O–H groups in total. The van der Waals surface area contributed by atoms with Crippen LogP contribution in [-0.4, -0.2) is 36.8 Å². The molecule has 8 heteroatoms. The molecule has 0 bridgehead atoms. The van der Waals surface area contributed by atoms with Gasteiger partial charge >= 0.3 is 0 Å². The van der Waals surface area contributed by atoms with E-state index in [0.717, 1.165) is 0 Å². The minimum Gasteiger partial charge on any atom is -0.497 e. The van der Waals surface area contributed by atoms with Crippen LogP contribution in [0, 0.1) is 6.92 Å². The van der Waals surface area contributed by atoms with Crippen molar-refractivity contribution in [1.29, 1.82) is 0 Å². The Bertz CT molecular complexity index is 1110. The first-order valence-corrected chi connectivity index (χ1v) is 9.20. The third kappa shape index (κ3) is 4.60. The number of hydrogen-bond acceptors (Lipinski definition) is 6. The molecule has 0 fully saturated rings. The van der Waals surface area contributed by atoms with Crippen molar-refractivity contribution in [1.82, 2.24) is 9.55 Å². The molecule has 1 heterocycles. The van der Waals surface area contributed by atoms with Gasteiger partial charge in [-0.25, -0.2) is 4.98 Å². The Balaban J connectivity index is 1.91. The van der Waals surface area contributed by atoms with Gasteiger partial charge in [-0.15, -0.1) is 0 Å². The zero-order chi connectivity index (χ0) is 21.7. The lowest BCUT2D eigenvalue weighted by Crippen LogP contribution is -2.29. The van der Waals surface area contributed by atoms with E-state index in [-0.39, 0.29) is 18.0 Å². The number of nitrogens with one attached hydrogen (secondary N) is 1. The summed E-state index contributed by atoms with van der Waals surface area (Å²) in [4.78, 5) is 29.8. The van der Waals surface area contributed by atoms with Crippen molar-refractivity contribution < 1.29 is 19.0 Å². The highest BCUT2D eigenvalue weighted by molar-refractivity contribution is 5.92. The molecule has 0 saturated heterocycles. The molecular weight excluding hydrogens is 386 g/mol. The number of ether oxygens (including phenoxy) is 3. The SMILES string of the molecule is COc1ccc(-c2nc(C)cc(=O)n2CC(=O)Nc2ccc(OC)cc2OC)cc1. The Hall–Kier alpha value is -3.81. The molecule has 30 heavy (non-hydrogen) atoms. The molecule has 3 rings (SSSR count). The molecule has 0 atom stereocenters. The van der Waals surface area contributed by atoms with Gasteiger partial charge in [0.05, 0.1) is 27.0 Å². The summed E-state index contributed by atoms with van der Waals surface area (Å²) < 4.78 is 17.0. The standard InChI is InChI=1S/C22H23N3O5/c1-14-11-21(27)25(22(23-14)15-5-7-16(28-2)8-6-15)13-20(26)24-18-10-9-17(29-3)12-19(18)30-4/h5-12H,13H2,1-4H3,(H,24,26). The van der Waals surface area contributed by atoms with E-state index < -0.39 is 0 Å². The van der Waals surface area contributed by atoms with Crippen molar-refractivity contribution in [2.24, 2.45) is 0 Å². The van der Waals surface area contributed by atoms with Gasteiger partial charge in [0, 0.05) is 23.4 Å². The van der Waals surface area contributed by atoms with Crippen LogP contribution in [0.2, 0.25) is 0 Å². The molecule has 8 nitrogen and oxygen atoms in total. The fourth-order valence-corrected chi connectivity index (χ4v) is 2.97.